The van der Waals surface area contributed by atoms with Gasteiger partial charge in [0.1, 0.15) is 5.82 Å². The lowest BCUT2D eigenvalue weighted by molar-refractivity contribution is 0.545. The fourth-order valence-corrected chi connectivity index (χ4v) is 4.63. The summed E-state index contributed by atoms with van der Waals surface area (Å²) in [6.07, 6.45) is 14.1. The lowest BCUT2D eigenvalue weighted by Crippen LogP contribution is -2.28. The lowest BCUT2D eigenvalue weighted by atomic mass is 10.00. The van der Waals surface area contributed by atoms with Crippen molar-refractivity contribution in [2.75, 3.05) is 0 Å². The molecule has 0 unspecified atom stereocenters. The van der Waals surface area contributed by atoms with Crippen LogP contribution >= 0.6 is 0 Å². The molecule has 27 heavy (non-hydrogen) atoms. The highest BCUT2D eigenvalue weighted by Gasteiger charge is 2.57. The van der Waals surface area contributed by atoms with Gasteiger partial charge >= 0.3 is 0 Å². The van der Waals surface area contributed by atoms with Crippen LogP contribution < -0.4 is 5.56 Å². The minimum Gasteiger partial charge on any atom is -0.307 e. The Labute approximate surface area is 157 Å². The number of hydrogen-bond acceptors (Lipinski definition) is 4. The van der Waals surface area contributed by atoms with Crippen LogP contribution in [0.3, 0.4) is 0 Å². The van der Waals surface area contributed by atoms with E-state index in [0.29, 0.717) is 18.0 Å². The van der Waals surface area contributed by atoms with Gasteiger partial charge in [0.25, 0.3) is 5.56 Å². The lowest BCUT2D eigenvalue weighted by Gasteiger charge is -2.15. The number of aryl methyl sites for hydroxylation is 1. The molecule has 3 aliphatic rings. The molecule has 140 valence electrons. The van der Waals surface area contributed by atoms with Crippen LogP contribution in [0, 0.1) is 11.8 Å². The first kappa shape index (κ1) is 15.6. The van der Waals surface area contributed by atoms with Gasteiger partial charge in [-0.25, -0.2) is 0 Å². The standard InChI is InChI=1S/C20H24N6O/c1-24-10-14(9-21-24)8-16-12-26-17(18(27)25(16)11-13-2-3-13)22-23-19(26)20(6-7-20)15-4-5-15/h9-10,12-13,15H,2-8,11H2,1H3. The van der Waals surface area contributed by atoms with Crippen LogP contribution in [0.2, 0.25) is 0 Å². The molecule has 0 aliphatic heterocycles. The molecule has 7 heteroatoms. The van der Waals surface area contributed by atoms with Gasteiger partial charge in [-0.1, -0.05) is 0 Å². The van der Waals surface area contributed by atoms with Crippen LogP contribution in [-0.2, 0) is 25.4 Å². The van der Waals surface area contributed by atoms with Crippen molar-refractivity contribution in [3.8, 4) is 0 Å². The van der Waals surface area contributed by atoms with Gasteiger partial charge in [0.15, 0.2) is 0 Å². The fourth-order valence-electron chi connectivity index (χ4n) is 4.63. The second kappa shape index (κ2) is 5.30. The molecule has 0 saturated heterocycles. The van der Waals surface area contributed by atoms with E-state index in [-0.39, 0.29) is 11.0 Å². The summed E-state index contributed by atoms with van der Waals surface area (Å²) in [4.78, 5) is 13.3. The normalized spacial score (nSPS) is 21.1. The summed E-state index contributed by atoms with van der Waals surface area (Å²) in [6, 6.07) is 0. The minimum atomic E-state index is 0.00800. The highest BCUT2D eigenvalue weighted by atomic mass is 16.1. The van der Waals surface area contributed by atoms with Crippen LogP contribution in [0.1, 0.15) is 55.6 Å². The van der Waals surface area contributed by atoms with Crippen LogP contribution in [0.4, 0.5) is 0 Å². The third-order valence-electron chi connectivity index (χ3n) is 6.63. The summed E-state index contributed by atoms with van der Waals surface area (Å²) >= 11 is 0. The minimum absolute atomic E-state index is 0.00800. The third-order valence-corrected chi connectivity index (χ3v) is 6.63. The Morgan fingerprint density at radius 1 is 1.15 bits per heavy atom. The Morgan fingerprint density at radius 3 is 2.59 bits per heavy atom. The predicted molar refractivity (Wildman–Crippen MR) is 99.6 cm³/mol. The van der Waals surface area contributed by atoms with Crippen LogP contribution in [0.5, 0.6) is 0 Å². The predicted octanol–water partition coefficient (Wildman–Crippen LogP) is 2.07. The maximum absolute atomic E-state index is 13.3. The smallest absolute Gasteiger partial charge is 0.296 e. The Morgan fingerprint density at radius 2 is 1.96 bits per heavy atom. The average molecular weight is 364 g/mol. The third kappa shape index (κ3) is 2.47. The van der Waals surface area contributed by atoms with Crippen molar-refractivity contribution in [2.24, 2.45) is 18.9 Å². The van der Waals surface area contributed by atoms with E-state index in [1.54, 1.807) is 0 Å². The Bertz CT molecular complexity index is 1090. The summed E-state index contributed by atoms with van der Waals surface area (Å²) in [5.41, 5.74) is 2.85. The largest absolute Gasteiger partial charge is 0.307 e. The van der Waals surface area contributed by atoms with E-state index < -0.39 is 0 Å². The number of rotatable bonds is 6. The zero-order valence-electron chi connectivity index (χ0n) is 15.6. The van der Waals surface area contributed by atoms with E-state index in [9.17, 15) is 4.79 Å². The SMILES string of the molecule is Cn1cc(Cc2cn3c(C4(C5CC5)CC4)nnc3c(=O)n2CC2CC2)cn1. The number of hydrogen-bond donors (Lipinski definition) is 0. The number of nitrogens with zero attached hydrogens (tertiary/aromatic N) is 6. The first-order valence-electron chi connectivity index (χ1n) is 10.1. The van der Waals surface area contributed by atoms with Crippen molar-refractivity contribution >= 4 is 5.65 Å². The molecule has 0 aromatic carbocycles. The molecule has 3 aliphatic carbocycles. The van der Waals surface area contributed by atoms with Gasteiger partial charge in [0.2, 0.25) is 5.65 Å². The van der Waals surface area contributed by atoms with Crippen molar-refractivity contribution in [1.29, 1.82) is 0 Å². The average Bonchev–Trinajstić information content (AvgIpc) is 3.53. The molecule has 0 bridgehead atoms. The first-order chi connectivity index (χ1) is 13.1. The van der Waals surface area contributed by atoms with Gasteiger partial charge in [0.05, 0.1) is 6.20 Å². The van der Waals surface area contributed by atoms with Crippen LogP contribution in [0.15, 0.2) is 23.4 Å². The number of fused-ring (bicyclic) bond motifs is 1. The van der Waals surface area contributed by atoms with E-state index in [2.05, 4.69) is 21.5 Å². The zero-order chi connectivity index (χ0) is 18.2. The van der Waals surface area contributed by atoms with Gasteiger partial charge < -0.3 is 4.57 Å². The summed E-state index contributed by atoms with van der Waals surface area (Å²) in [5, 5.41) is 13.1. The molecule has 0 N–H and O–H groups in total. The zero-order valence-corrected chi connectivity index (χ0v) is 15.6. The Hall–Kier alpha value is -2.44. The van der Waals surface area contributed by atoms with Gasteiger partial charge in [0, 0.05) is 43.5 Å². The highest BCUT2D eigenvalue weighted by molar-refractivity contribution is 5.40. The van der Waals surface area contributed by atoms with Crippen molar-refractivity contribution in [2.45, 2.75) is 56.9 Å². The Balaban J connectivity index is 1.50. The second-order valence-corrected chi connectivity index (χ2v) is 8.83. The van der Waals surface area contributed by atoms with Gasteiger partial charge in [-0.15, -0.1) is 10.2 Å². The van der Waals surface area contributed by atoms with Gasteiger partial charge in [-0.2, -0.15) is 5.10 Å². The van der Waals surface area contributed by atoms with E-state index in [0.717, 1.165) is 29.5 Å². The molecule has 3 heterocycles. The molecule has 7 nitrogen and oxygen atoms in total. The summed E-state index contributed by atoms with van der Waals surface area (Å²) in [7, 11) is 1.92. The van der Waals surface area contributed by atoms with Gasteiger partial charge in [-0.05, 0) is 55.9 Å². The van der Waals surface area contributed by atoms with E-state index in [1.165, 1.54) is 38.5 Å². The molecule has 0 amide bonds. The van der Waals surface area contributed by atoms with Crippen molar-refractivity contribution < 1.29 is 0 Å². The molecule has 0 atom stereocenters. The molecule has 0 spiro atoms. The topological polar surface area (TPSA) is 70.0 Å². The molecule has 3 fully saturated rings. The highest BCUT2D eigenvalue weighted by Crippen LogP contribution is 2.61. The molecular weight excluding hydrogens is 340 g/mol. The van der Waals surface area contributed by atoms with Gasteiger partial charge in [-0.3, -0.25) is 13.9 Å². The maximum atomic E-state index is 13.3. The summed E-state index contributed by atoms with van der Waals surface area (Å²) < 4.78 is 5.77. The first-order valence-corrected chi connectivity index (χ1v) is 10.1. The molecular formula is C20H24N6O. The van der Waals surface area contributed by atoms with Crippen molar-refractivity contribution in [3.63, 3.8) is 0 Å². The molecule has 3 aromatic heterocycles. The van der Waals surface area contributed by atoms with Crippen LogP contribution in [0.25, 0.3) is 5.65 Å². The second-order valence-electron chi connectivity index (χ2n) is 8.83. The molecule has 6 rings (SSSR count). The molecule has 3 aromatic rings. The molecule has 0 radical (unpaired) electrons. The maximum Gasteiger partial charge on any atom is 0.296 e. The van der Waals surface area contributed by atoms with Crippen molar-refractivity contribution in [3.05, 3.63) is 46.0 Å². The number of aromatic nitrogens is 6. The summed E-state index contributed by atoms with van der Waals surface area (Å²) in [6.45, 7) is 0.793. The monoisotopic (exact) mass is 364 g/mol. The quantitative estimate of drug-likeness (QED) is 0.671. The summed E-state index contributed by atoms with van der Waals surface area (Å²) in [5.74, 6) is 2.38. The van der Waals surface area contributed by atoms with E-state index in [4.69, 9.17) is 0 Å². The Kier molecular flexibility index (Phi) is 3.06. The fraction of sp³-hybridized carbons (Fsp3) is 0.600. The van der Waals surface area contributed by atoms with E-state index in [1.807, 2.05) is 33.1 Å². The van der Waals surface area contributed by atoms with Crippen LogP contribution in [-0.4, -0.2) is 28.9 Å². The van der Waals surface area contributed by atoms with E-state index >= 15 is 0 Å². The molecule has 3 saturated carbocycles. The van der Waals surface area contributed by atoms with Crippen molar-refractivity contribution in [1.82, 2.24) is 28.9 Å².